The zero-order chi connectivity index (χ0) is 19.7. The predicted octanol–water partition coefficient (Wildman–Crippen LogP) is 5.12. The van der Waals surface area contributed by atoms with E-state index >= 15 is 0 Å². The number of nitrogens with zero attached hydrogens (tertiary/aromatic N) is 1. The van der Waals surface area contributed by atoms with Crippen molar-refractivity contribution in [1.29, 1.82) is 0 Å². The van der Waals surface area contributed by atoms with Gasteiger partial charge in [0.25, 0.3) is 0 Å². The molecule has 2 aromatic heterocycles. The largest absolute Gasteiger partial charge is 0.481 e. The van der Waals surface area contributed by atoms with Crippen molar-refractivity contribution < 1.29 is 24.2 Å². The summed E-state index contributed by atoms with van der Waals surface area (Å²) in [5, 5.41) is 19.7. The Kier molecular flexibility index (Phi) is 4.94. The van der Waals surface area contributed by atoms with Crippen LogP contribution in [-0.2, 0) is 11.3 Å². The highest BCUT2D eigenvalue weighted by Crippen LogP contribution is 2.44. The van der Waals surface area contributed by atoms with Crippen LogP contribution in [0.5, 0.6) is 0 Å². The van der Waals surface area contributed by atoms with Crippen molar-refractivity contribution in [3.8, 4) is 11.3 Å². The van der Waals surface area contributed by atoms with Crippen molar-refractivity contribution in [2.24, 2.45) is 0 Å². The molecule has 1 aromatic carbocycles. The van der Waals surface area contributed by atoms with Gasteiger partial charge in [-0.2, -0.15) is 0 Å². The van der Waals surface area contributed by atoms with E-state index in [2.05, 4.69) is 0 Å². The van der Waals surface area contributed by atoms with Crippen LogP contribution in [0.25, 0.3) is 22.2 Å². The first-order valence-corrected chi connectivity index (χ1v) is 9.70. The fourth-order valence-electron chi connectivity index (χ4n) is 4.46. The van der Waals surface area contributed by atoms with Gasteiger partial charge in [0.15, 0.2) is 0 Å². The molecule has 1 aliphatic rings. The quantitative estimate of drug-likeness (QED) is 0.618. The Balaban J connectivity index is 1.99. The second-order valence-electron chi connectivity index (χ2n) is 7.44. The van der Waals surface area contributed by atoms with Crippen LogP contribution in [0.2, 0.25) is 0 Å². The molecule has 0 spiro atoms. The summed E-state index contributed by atoms with van der Waals surface area (Å²) in [5.74, 6) is -1.49. The van der Waals surface area contributed by atoms with E-state index in [1.54, 1.807) is 24.7 Å². The van der Waals surface area contributed by atoms with Gasteiger partial charge in [-0.1, -0.05) is 25.3 Å². The van der Waals surface area contributed by atoms with Gasteiger partial charge >= 0.3 is 11.9 Å². The number of aryl methyl sites for hydroxylation is 1. The topological polar surface area (TPSA) is 92.7 Å². The number of carboxylic acids is 2. The highest BCUT2D eigenvalue weighted by molar-refractivity contribution is 5.98. The number of fused-ring (bicyclic) bond motifs is 1. The second kappa shape index (κ2) is 7.54. The van der Waals surface area contributed by atoms with Crippen molar-refractivity contribution in [2.45, 2.75) is 51.0 Å². The van der Waals surface area contributed by atoms with Crippen molar-refractivity contribution in [3.63, 3.8) is 0 Å². The smallest absolute Gasteiger partial charge is 0.335 e. The molecule has 1 aliphatic carbocycles. The highest BCUT2D eigenvalue weighted by Gasteiger charge is 2.27. The Bertz CT molecular complexity index is 1010. The molecule has 0 amide bonds. The van der Waals surface area contributed by atoms with Crippen LogP contribution in [0, 0.1) is 0 Å². The molecule has 28 heavy (non-hydrogen) atoms. The third-order valence-electron chi connectivity index (χ3n) is 5.71. The molecule has 0 atom stereocenters. The molecule has 4 rings (SSSR count). The molecule has 6 heteroatoms. The normalized spacial score (nSPS) is 15.1. The number of aromatic carboxylic acids is 1. The molecule has 0 bridgehead atoms. The summed E-state index contributed by atoms with van der Waals surface area (Å²) in [7, 11) is 0. The maximum atomic E-state index is 11.5. The number of aromatic nitrogens is 1. The van der Waals surface area contributed by atoms with Crippen LogP contribution in [0.4, 0.5) is 0 Å². The molecular formula is C22H23NO5. The number of rotatable bonds is 6. The lowest BCUT2D eigenvalue weighted by Gasteiger charge is -2.23. The third-order valence-corrected chi connectivity index (χ3v) is 5.71. The Morgan fingerprint density at radius 2 is 1.89 bits per heavy atom. The monoisotopic (exact) mass is 381 g/mol. The van der Waals surface area contributed by atoms with E-state index in [-0.39, 0.29) is 18.5 Å². The molecule has 2 heterocycles. The molecule has 3 aromatic rings. The van der Waals surface area contributed by atoms with Crippen molar-refractivity contribution in [1.82, 2.24) is 4.57 Å². The first kappa shape index (κ1) is 18.3. The minimum atomic E-state index is -0.989. The summed E-state index contributed by atoms with van der Waals surface area (Å²) in [5.41, 5.74) is 4.03. The molecule has 146 valence electrons. The molecule has 1 saturated carbocycles. The summed E-state index contributed by atoms with van der Waals surface area (Å²) in [6.45, 7) is 0.280. The Hall–Kier alpha value is -3.02. The van der Waals surface area contributed by atoms with Crippen LogP contribution in [0.1, 0.15) is 60.4 Å². The van der Waals surface area contributed by atoms with Crippen LogP contribution >= 0.6 is 0 Å². The zero-order valence-corrected chi connectivity index (χ0v) is 15.6. The van der Waals surface area contributed by atoms with Gasteiger partial charge in [-0.25, -0.2) is 4.79 Å². The number of carbonyl (C=O) groups is 2. The molecular weight excluding hydrogens is 358 g/mol. The summed E-state index contributed by atoms with van der Waals surface area (Å²) < 4.78 is 7.29. The average molecular weight is 381 g/mol. The minimum Gasteiger partial charge on any atom is -0.481 e. The van der Waals surface area contributed by atoms with E-state index < -0.39 is 11.9 Å². The van der Waals surface area contributed by atoms with Crippen LogP contribution < -0.4 is 0 Å². The van der Waals surface area contributed by atoms with Gasteiger partial charge in [-0.05, 0) is 42.5 Å². The van der Waals surface area contributed by atoms with E-state index in [4.69, 9.17) is 4.42 Å². The Labute approximate surface area is 162 Å². The minimum absolute atomic E-state index is 0.0317. The lowest BCUT2D eigenvalue weighted by atomic mass is 9.82. The van der Waals surface area contributed by atoms with E-state index in [0.29, 0.717) is 5.92 Å². The van der Waals surface area contributed by atoms with E-state index in [9.17, 15) is 19.8 Å². The second-order valence-corrected chi connectivity index (χ2v) is 7.44. The maximum Gasteiger partial charge on any atom is 0.335 e. The van der Waals surface area contributed by atoms with Gasteiger partial charge in [0.2, 0.25) is 0 Å². The summed E-state index contributed by atoms with van der Waals surface area (Å²) in [4.78, 5) is 22.8. The van der Waals surface area contributed by atoms with Crippen LogP contribution in [0.15, 0.2) is 41.2 Å². The van der Waals surface area contributed by atoms with E-state index in [0.717, 1.165) is 35.0 Å². The summed E-state index contributed by atoms with van der Waals surface area (Å²) >= 11 is 0. The fourth-order valence-corrected chi connectivity index (χ4v) is 4.46. The van der Waals surface area contributed by atoms with Gasteiger partial charge in [-0.15, -0.1) is 0 Å². The SMILES string of the molecule is O=C(O)CCn1c(-c2ccoc2)c(C2CCCCC2)c2ccc(C(=O)O)cc21. The lowest BCUT2D eigenvalue weighted by molar-refractivity contribution is -0.137. The van der Waals surface area contributed by atoms with Gasteiger partial charge < -0.3 is 19.2 Å². The summed E-state index contributed by atoms with van der Waals surface area (Å²) in [6.07, 6.45) is 9.01. The first-order valence-electron chi connectivity index (χ1n) is 9.70. The number of aliphatic carboxylic acids is 1. The van der Waals surface area contributed by atoms with E-state index in [1.807, 2.05) is 16.7 Å². The van der Waals surface area contributed by atoms with Gasteiger partial charge in [0, 0.05) is 23.0 Å². The van der Waals surface area contributed by atoms with Gasteiger partial charge in [0.05, 0.1) is 30.2 Å². The molecule has 0 saturated heterocycles. The molecule has 0 radical (unpaired) electrons. The number of benzene rings is 1. The highest BCUT2D eigenvalue weighted by atomic mass is 16.4. The Morgan fingerprint density at radius 3 is 2.54 bits per heavy atom. The van der Waals surface area contributed by atoms with E-state index in [1.165, 1.54) is 24.8 Å². The first-order chi connectivity index (χ1) is 13.6. The van der Waals surface area contributed by atoms with Crippen molar-refractivity contribution in [2.75, 3.05) is 0 Å². The molecule has 0 aliphatic heterocycles. The van der Waals surface area contributed by atoms with Crippen LogP contribution in [-0.4, -0.2) is 26.7 Å². The number of carboxylic acid groups (broad SMARTS) is 2. The average Bonchev–Trinajstić information content (AvgIpc) is 3.32. The molecule has 6 nitrogen and oxygen atoms in total. The molecule has 0 unspecified atom stereocenters. The van der Waals surface area contributed by atoms with Crippen molar-refractivity contribution in [3.05, 3.63) is 47.9 Å². The molecule has 2 N–H and O–H groups in total. The fraction of sp³-hybridized carbons (Fsp3) is 0.364. The maximum absolute atomic E-state index is 11.5. The number of hydrogen-bond acceptors (Lipinski definition) is 3. The third kappa shape index (κ3) is 3.30. The Morgan fingerprint density at radius 1 is 1.11 bits per heavy atom. The van der Waals surface area contributed by atoms with Crippen molar-refractivity contribution >= 4 is 22.8 Å². The lowest BCUT2D eigenvalue weighted by Crippen LogP contribution is -2.09. The van der Waals surface area contributed by atoms with Crippen LogP contribution in [0.3, 0.4) is 0 Å². The number of hydrogen-bond donors (Lipinski definition) is 2. The summed E-state index contributed by atoms with van der Waals surface area (Å²) in [6, 6.07) is 7.06. The number of furan rings is 1. The standard InChI is InChI=1S/C22H23NO5/c24-19(25)8-10-23-18-12-15(22(26)27)6-7-17(18)20(14-4-2-1-3-5-14)21(23)16-9-11-28-13-16/h6-7,9,11-14H,1-5,8,10H2,(H,24,25)(H,26,27). The van der Waals surface area contributed by atoms with Gasteiger partial charge in [0.1, 0.15) is 0 Å². The molecule has 1 fully saturated rings. The predicted molar refractivity (Wildman–Crippen MR) is 105 cm³/mol. The zero-order valence-electron chi connectivity index (χ0n) is 15.6. The van der Waals surface area contributed by atoms with Gasteiger partial charge in [-0.3, -0.25) is 4.79 Å².